The molecule has 0 saturated heterocycles. The van der Waals surface area contributed by atoms with E-state index in [1.807, 2.05) is 24.1 Å². The molecule has 0 bridgehead atoms. The van der Waals surface area contributed by atoms with Crippen molar-refractivity contribution in [2.24, 2.45) is 0 Å². The molecule has 1 amide bonds. The summed E-state index contributed by atoms with van der Waals surface area (Å²) in [6, 6.07) is 6.52. The highest BCUT2D eigenvalue weighted by atomic mass is 31.2. The van der Waals surface area contributed by atoms with Gasteiger partial charge in [0.1, 0.15) is 20.2 Å². The van der Waals surface area contributed by atoms with Gasteiger partial charge in [-0.15, -0.1) is 0 Å². The number of aromatic nitrogens is 4. The van der Waals surface area contributed by atoms with Crippen molar-refractivity contribution in [2.75, 3.05) is 37.0 Å². The molecule has 3 rings (SSSR count). The average Bonchev–Trinajstić information content (AvgIpc) is 2.84. The molecule has 13 heteroatoms. The molecule has 0 fully saturated rings. The number of carbonyl (C=O) groups excluding carboxylic acids is 2. The molecular formula is C23H31N8O4P. The van der Waals surface area contributed by atoms with Crippen LogP contribution in [0.1, 0.15) is 35.7 Å². The molecule has 0 aliphatic rings. The summed E-state index contributed by atoms with van der Waals surface area (Å²) in [5.74, 6) is 0.162. The molecule has 0 spiro atoms. The molecule has 2 unspecified atom stereocenters. The smallest absolute Gasteiger partial charge is 0.323 e. The zero-order valence-electron chi connectivity index (χ0n) is 20.7. The van der Waals surface area contributed by atoms with Crippen molar-refractivity contribution in [3.8, 4) is 0 Å². The van der Waals surface area contributed by atoms with Gasteiger partial charge in [0.25, 0.3) is 5.91 Å². The summed E-state index contributed by atoms with van der Waals surface area (Å²) in [4.78, 5) is 53.4. The van der Waals surface area contributed by atoms with Crippen LogP contribution in [0.2, 0.25) is 0 Å². The minimum atomic E-state index is -1.62. The lowest BCUT2D eigenvalue weighted by Crippen LogP contribution is -2.34. The minimum Gasteiger partial charge on any atom is -0.465 e. The number of nitrogens with one attached hydrogen (secondary N) is 2. The lowest BCUT2D eigenvalue weighted by Gasteiger charge is -2.19. The maximum atomic E-state index is 12.5. The third-order valence-corrected chi connectivity index (χ3v) is 6.49. The Labute approximate surface area is 210 Å². The van der Waals surface area contributed by atoms with Gasteiger partial charge in [-0.05, 0) is 45.0 Å². The Kier molecular flexibility index (Phi) is 9.40. The summed E-state index contributed by atoms with van der Waals surface area (Å²) in [7, 11) is 0.291. The predicted octanol–water partition coefficient (Wildman–Crippen LogP) is 1.52. The van der Waals surface area contributed by atoms with Crippen LogP contribution in [0.4, 0.5) is 11.5 Å². The van der Waals surface area contributed by atoms with Crippen LogP contribution in [0.25, 0.3) is 11.2 Å². The number of esters is 1. The molecule has 5 N–H and O–H groups in total. The van der Waals surface area contributed by atoms with Crippen molar-refractivity contribution in [1.29, 1.82) is 0 Å². The molecule has 2 aromatic heterocycles. The highest BCUT2D eigenvalue weighted by Crippen LogP contribution is 2.24. The first-order valence-corrected chi connectivity index (χ1v) is 12.9. The van der Waals surface area contributed by atoms with Crippen molar-refractivity contribution < 1.29 is 19.2 Å². The number of amides is 1. The Morgan fingerprint density at radius 3 is 2.64 bits per heavy atom. The number of benzene rings is 1. The van der Waals surface area contributed by atoms with Crippen molar-refractivity contribution in [2.45, 2.75) is 33.4 Å². The largest absolute Gasteiger partial charge is 0.465 e. The van der Waals surface area contributed by atoms with Crippen LogP contribution in [0.15, 0.2) is 30.5 Å². The van der Waals surface area contributed by atoms with E-state index >= 15 is 0 Å². The van der Waals surface area contributed by atoms with Crippen LogP contribution in [-0.4, -0.2) is 69.1 Å². The lowest BCUT2D eigenvalue weighted by atomic mass is 10.2. The summed E-state index contributed by atoms with van der Waals surface area (Å²) in [6.07, 6.45) is 1.96. The van der Waals surface area contributed by atoms with Crippen LogP contribution in [0.3, 0.4) is 0 Å². The van der Waals surface area contributed by atoms with E-state index in [-0.39, 0.29) is 19.1 Å². The number of fused-ring (bicyclic) bond motifs is 1. The summed E-state index contributed by atoms with van der Waals surface area (Å²) < 4.78 is 4.90. The number of hydrogen-bond acceptors (Lipinski definition) is 11. The molecule has 2 heterocycles. The number of nitrogens with zero attached hydrogens (tertiary/aromatic N) is 5. The van der Waals surface area contributed by atoms with Crippen molar-refractivity contribution in [3.05, 3.63) is 47.5 Å². The summed E-state index contributed by atoms with van der Waals surface area (Å²) in [5, 5.41) is 5.58. The number of nitrogens with two attached hydrogens (primary N) is 1. The molecular weight excluding hydrogens is 483 g/mol. The Bertz CT molecular complexity index is 1210. The first-order valence-electron chi connectivity index (χ1n) is 11.4. The maximum absolute atomic E-state index is 12.5. The van der Waals surface area contributed by atoms with Crippen molar-refractivity contribution in [1.82, 2.24) is 30.3 Å². The van der Waals surface area contributed by atoms with E-state index in [1.165, 1.54) is 0 Å². The minimum absolute atomic E-state index is 0.253. The summed E-state index contributed by atoms with van der Waals surface area (Å²) >= 11 is 0. The topological polar surface area (TPSA) is 168 Å². The fraction of sp³-hybridized carbons (Fsp3) is 0.391. The van der Waals surface area contributed by atoms with E-state index in [9.17, 15) is 14.5 Å². The van der Waals surface area contributed by atoms with Gasteiger partial charge in [0.15, 0.2) is 17.0 Å². The number of ether oxygens (including phenoxy) is 1. The van der Waals surface area contributed by atoms with E-state index in [0.29, 0.717) is 46.8 Å². The van der Waals surface area contributed by atoms with Gasteiger partial charge in [0.05, 0.1) is 25.0 Å². The van der Waals surface area contributed by atoms with Crippen molar-refractivity contribution in [3.63, 3.8) is 0 Å². The second-order valence-corrected chi connectivity index (χ2v) is 9.58. The zero-order valence-corrected chi connectivity index (χ0v) is 21.6. The molecule has 1 aromatic carbocycles. The van der Waals surface area contributed by atoms with Gasteiger partial charge in [0.2, 0.25) is 0 Å². The van der Waals surface area contributed by atoms with E-state index < -0.39 is 20.3 Å². The number of rotatable bonds is 11. The van der Waals surface area contributed by atoms with Gasteiger partial charge in [-0.25, -0.2) is 19.9 Å². The predicted molar refractivity (Wildman–Crippen MR) is 138 cm³/mol. The quantitative estimate of drug-likeness (QED) is 0.216. The van der Waals surface area contributed by atoms with Crippen LogP contribution in [-0.2, 0) is 16.1 Å². The number of hydrogen-bond donors (Lipinski definition) is 4. The van der Waals surface area contributed by atoms with Gasteiger partial charge in [-0.3, -0.25) is 14.7 Å². The SMILES string of the molecule is CCOC(=O)C(C)NP(O)CCNC(=O)c1ccc(N(C)Cc2cnc3nc(C)nc(N)c3n2)cc1. The maximum Gasteiger partial charge on any atom is 0.323 e. The van der Waals surface area contributed by atoms with Gasteiger partial charge in [0, 0.05) is 31.0 Å². The first-order chi connectivity index (χ1) is 17.2. The number of aryl methyl sites for hydroxylation is 1. The number of anilines is 2. The second-order valence-electron chi connectivity index (χ2n) is 8.07. The molecule has 0 aliphatic carbocycles. The molecule has 36 heavy (non-hydrogen) atoms. The third-order valence-electron chi connectivity index (χ3n) is 5.16. The van der Waals surface area contributed by atoms with Gasteiger partial charge in [-0.2, -0.15) is 0 Å². The van der Waals surface area contributed by atoms with Gasteiger partial charge in [-0.1, -0.05) is 0 Å². The number of nitrogen functional groups attached to an aromatic ring is 1. The molecule has 0 saturated carbocycles. The van der Waals surface area contributed by atoms with Gasteiger partial charge < -0.3 is 25.6 Å². The third kappa shape index (κ3) is 7.27. The molecule has 0 aliphatic heterocycles. The van der Waals surface area contributed by atoms with E-state index in [2.05, 4.69) is 30.3 Å². The molecule has 3 aromatic rings. The van der Waals surface area contributed by atoms with E-state index in [4.69, 9.17) is 10.5 Å². The second kappa shape index (κ2) is 12.5. The summed E-state index contributed by atoms with van der Waals surface area (Å²) in [6.45, 7) is 6.11. The summed E-state index contributed by atoms with van der Waals surface area (Å²) in [5.41, 5.74) is 8.98. The molecule has 2 atom stereocenters. The van der Waals surface area contributed by atoms with Crippen LogP contribution in [0.5, 0.6) is 0 Å². The monoisotopic (exact) mass is 514 g/mol. The van der Waals surface area contributed by atoms with E-state index in [0.717, 1.165) is 5.69 Å². The van der Waals surface area contributed by atoms with Crippen LogP contribution in [0, 0.1) is 6.92 Å². The Morgan fingerprint density at radius 2 is 1.94 bits per heavy atom. The normalized spacial score (nSPS) is 12.7. The zero-order chi connectivity index (χ0) is 26.2. The standard InChI is InChI=1S/C23H31N8O4P/c1-5-35-23(33)14(2)30-36(34)11-10-25-22(32)16-6-8-18(9-7-16)31(4)13-17-12-26-21-19(29-17)20(24)27-15(3)28-21/h6-9,12,14,30,34H,5,10-11,13H2,1-4H3,(H,25,32)(H2,24,26,27,28). The van der Waals surface area contributed by atoms with Gasteiger partial charge >= 0.3 is 5.97 Å². The Hall–Kier alpha value is -3.47. The van der Waals surface area contributed by atoms with Crippen molar-refractivity contribution >= 4 is 42.8 Å². The Morgan fingerprint density at radius 1 is 1.22 bits per heavy atom. The Balaban J connectivity index is 1.51. The fourth-order valence-electron chi connectivity index (χ4n) is 3.34. The molecule has 0 radical (unpaired) electrons. The first kappa shape index (κ1) is 27.1. The highest BCUT2D eigenvalue weighted by Gasteiger charge is 2.18. The highest BCUT2D eigenvalue weighted by molar-refractivity contribution is 7.49. The molecule has 12 nitrogen and oxygen atoms in total. The fourth-order valence-corrected chi connectivity index (χ4v) is 4.35. The lowest BCUT2D eigenvalue weighted by molar-refractivity contribution is -0.144. The van der Waals surface area contributed by atoms with Crippen LogP contribution < -0.4 is 21.0 Å². The van der Waals surface area contributed by atoms with Crippen LogP contribution >= 0.6 is 8.30 Å². The number of carbonyl (C=O) groups is 2. The molecule has 192 valence electrons. The average molecular weight is 515 g/mol. The van der Waals surface area contributed by atoms with E-state index in [1.54, 1.807) is 39.1 Å².